The summed E-state index contributed by atoms with van der Waals surface area (Å²) in [5.74, 6) is 0.600. The van der Waals surface area contributed by atoms with Crippen LogP contribution in [0.2, 0.25) is 10.0 Å². The fourth-order valence-electron chi connectivity index (χ4n) is 2.56. The van der Waals surface area contributed by atoms with Crippen LogP contribution < -0.4 is 0 Å². The molecule has 88 valence electrons. The second-order valence-electron chi connectivity index (χ2n) is 4.98. The maximum Gasteiger partial charge on any atom is 0.0691 e. The third-order valence-corrected chi connectivity index (χ3v) is 3.96. The Bertz CT molecular complexity index is 392. The van der Waals surface area contributed by atoms with E-state index in [1.807, 2.05) is 6.07 Å². The van der Waals surface area contributed by atoms with E-state index in [0.29, 0.717) is 22.4 Å². The molecule has 0 heterocycles. The molecule has 1 aromatic carbocycles. The van der Waals surface area contributed by atoms with Gasteiger partial charge in [-0.05, 0) is 48.9 Å². The number of aliphatic hydroxyl groups is 1. The molecule has 1 fully saturated rings. The Morgan fingerprint density at radius 3 is 2.81 bits per heavy atom. The SMILES string of the molecule is CC1CCC(O)(Cc2cc(Cl)ccc2Cl)C1. The second-order valence-corrected chi connectivity index (χ2v) is 5.83. The number of halogens is 2. The molecule has 1 aromatic rings. The molecule has 2 atom stereocenters. The maximum absolute atomic E-state index is 10.4. The van der Waals surface area contributed by atoms with Gasteiger partial charge in [0.15, 0.2) is 0 Å². The standard InChI is InChI=1S/C13H16Cl2O/c1-9-4-5-13(16,7-9)8-10-6-11(14)2-3-12(10)15/h2-3,6,9,16H,4-5,7-8H2,1H3. The molecule has 0 aromatic heterocycles. The first-order chi connectivity index (χ1) is 7.48. The van der Waals surface area contributed by atoms with Gasteiger partial charge in [-0.1, -0.05) is 30.1 Å². The van der Waals surface area contributed by atoms with Crippen molar-refractivity contribution in [3.05, 3.63) is 33.8 Å². The quantitative estimate of drug-likeness (QED) is 0.848. The van der Waals surface area contributed by atoms with Crippen LogP contribution in [0.15, 0.2) is 18.2 Å². The fraction of sp³-hybridized carbons (Fsp3) is 0.538. The summed E-state index contributed by atoms with van der Waals surface area (Å²) in [6.07, 6.45) is 3.41. The van der Waals surface area contributed by atoms with E-state index >= 15 is 0 Å². The van der Waals surface area contributed by atoms with Crippen LogP contribution in [0, 0.1) is 5.92 Å². The smallest absolute Gasteiger partial charge is 0.0691 e. The molecule has 0 aliphatic heterocycles. The van der Waals surface area contributed by atoms with Crippen LogP contribution in [0.1, 0.15) is 31.7 Å². The molecule has 0 spiro atoms. The Labute approximate surface area is 106 Å². The lowest BCUT2D eigenvalue weighted by Gasteiger charge is -2.23. The van der Waals surface area contributed by atoms with E-state index in [9.17, 15) is 5.11 Å². The molecule has 16 heavy (non-hydrogen) atoms. The Morgan fingerprint density at radius 1 is 1.44 bits per heavy atom. The first kappa shape index (κ1) is 12.2. The fourth-order valence-corrected chi connectivity index (χ4v) is 2.94. The predicted molar refractivity (Wildman–Crippen MR) is 68.1 cm³/mol. The van der Waals surface area contributed by atoms with Crippen molar-refractivity contribution in [1.82, 2.24) is 0 Å². The molecule has 0 saturated heterocycles. The molecular weight excluding hydrogens is 243 g/mol. The Hall–Kier alpha value is -0.240. The van der Waals surface area contributed by atoms with Crippen molar-refractivity contribution in [1.29, 1.82) is 0 Å². The Morgan fingerprint density at radius 2 is 2.19 bits per heavy atom. The molecule has 0 radical (unpaired) electrons. The van der Waals surface area contributed by atoms with Gasteiger partial charge in [0.05, 0.1) is 5.60 Å². The summed E-state index contributed by atoms with van der Waals surface area (Å²) in [7, 11) is 0. The number of hydrogen-bond donors (Lipinski definition) is 1. The molecule has 0 amide bonds. The van der Waals surface area contributed by atoms with E-state index in [1.165, 1.54) is 0 Å². The van der Waals surface area contributed by atoms with Gasteiger partial charge >= 0.3 is 0 Å². The molecule has 1 aliphatic rings. The second kappa shape index (κ2) is 4.56. The highest BCUT2D eigenvalue weighted by Crippen LogP contribution is 2.38. The van der Waals surface area contributed by atoms with Crippen LogP contribution >= 0.6 is 23.2 Å². The summed E-state index contributed by atoms with van der Waals surface area (Å²) in [4.78, 5) is 0. The summed E-state index contributed by atoms with van der Waals surface area (Å²) in [6, 6.07) is 5.42. The minimum atomic E-state index is -0.590. The summed E-state index contributed by atoms with van der Waals surface area (Å²) >= 11 is 12.0. The summed E-state index contributed by atoms with van der Waals surface area (Å²) in [5, 5.41) is 11.8. The van der Waals surface area contributed by atoms with Crippen molar-refractivity contribution < 1.29 is 5.11 Å². The van der Waals surface area contributed by atoms with Crippen molar-refractivity contribution >= 4 is 23.2 Å². The third-order valence-electron chi connectivity index (χ3n) is 3.36. The van der Waals surface area contributed by atoms with Gasteiger partial charge in [-0.2, -0.15) is 0 Å². The van der Waals surface area contributed by atoms with Crippen molar-refractivity contribution in [3.63, 3.8) is 0 Å². The largest absolute Gasteiger partial charge is 0.390 e. The van der Waals surface area contributed by atoms with Crippen LogP contribution in [0.25, 0.3) is 0 Å². The van der Waals surface area contributed by atoms with Crippen LogP contribution in [0.4, 0.5) is 0 Å². The van der Waals surface area contributed by atoms with Crippen LogP contribution in [0.5, 0.6) is 0 Å². The number of benzene rings is 1. The molecule has 2 unspecified atom stereocenters. The van der Waals surface area contributed by atoms with E-state index < -0.39 is 5.60 Å². The van der Waals surface area contributed by atoms with Gasteiger partial charge in [0, 0.05) is 16.5 Å². The monoisotopic (exact) mass is 258 g/mol. The van der Waals surface area contributed by atoms with E-state index in [1.54, 1.807) is 12.1 Å². The van der Waals surface area contributed by atoms with Crippen LogP contribution in [-0.2, 0) is 6.42 Å². The lowest BCUT2D eigenvalue weighted by atomic mass is 9.92. The van der Waals surface area contributed by atoms with Gasteiger partial charge < -0.3 is 5.11 Å². The average Bonchev–Trinajstić information content (AvgIpc) is 2.52. The first-order valence-electron chi connectivity index (χ1n) is 5.65. The highest BCUT2D eigenvalue weighted by Gasteiger charge is 2.35. The van der Waals surface area contributed by atoms with Gasteiger partial charge in [0.2, 0.25) is 0 Å². The summed E-state index contributed by atoms with van der Waals surface area (Å²) in [5.41, 5.74) is 0.360. The summed E-state index contributed by atoms with van der Waals surface area (Å²) < 4.78 is 0. The minimum absolute atomic E-state index is 0.590. The third kappa shape index (κ3) is 2.71. The lowest BCUT2D eigenvalue weighted by molar-refractivity contribution is 0.0446. The van der Waals surface area contributed by atoms with Gasteiger partial charge in [-0.25, -0.2) is 0 Å². The minimum Gasteiger partial charge on any atom is -0.390 e. The average molecular weight is 259 g/mol. The van der Waals surface area contributed by atoms with Crippen LogP contribution in [0.3, 0.4) is 0 Å². The molecule has 1 nitrogen and oxygen atoms in total. The Kier molecular flexibility index (Phi) is 3.48. The van der Waals surface area contributed by atoms with Gasteiger partial charge in [0.25, 0.3) is 0 Å². The first-order valence-corrected chi connectivity index (χ1v) is 6.40. The molecule has 1 aliphatic carbocycles. The summed E-state index contributed by atoms with van der Waals surface area (Å²) in [6.45, 7) is 2.18. The predicted octanol–water partition coefficient (Wildman–Crippen LogP) is 4.09. The van der Waals surface area contributed by atoms with Crippen molar-refractivity contribution in [2.45, 2.75) is 38.2 Å². The van der Waals surface area contributed by atoms with Gasteiger partial charge in [-0.15, -0.1) is 0 Å². The maximum atomic E-state index is 10.4. The number of rotatable bonds is 2. The zero-order chi connectivity index (χ0) is 11.8. The van der Waals surface area contributed by atoms with E-state index in [-0.39, 0.29) is 0 Å². The molecular formula is C13H16Cl2O. The van der Waals surface area contributed by atoms with Gasteiger partial charge in [0.1, 0.15) is 0 Å². The highest BCUT2D eigenvalue weighted by atomic mass is 35.5. The van der Waals surface area contributed by atoms with E-state index in [0.717, 1.165) is 24.8 Å². The molecule has 3 heteroatoms. The lowest BCUT2D eigenvalue weighted by Crippen LogP contribution is -2.27. The highest BCUT2D eigenvalue weighted by molar-refractivity contribution is 6.33. The van der Waals surface area contributed by atoms with Crippen molar-refractivity contribution in [3.8, 4) is 0 Å². The van der Waals surface area contributed by atoms with E-state index in [4.69, 9.17) is 23.2 Å². The van der Waals surface area contributed by atoms with Crippen LogP contribution in [-0.4, -0.2) is 10.7 Å². The van der Waals surface area contributed by atoms with Crippen molar-refractivity contribution in [2.24, 2.45) is 5.92 Å². The zero-order valence-electron chi connectivity index (χ0n) is 9.34. The molecule has 1 saturated carbocycles. The molecule has 0 bridgehead atoms. The Balaban J connectivity index is 2.17. The molecule has 2 rings (SSSR count). The zero-order valence-corrected chi connectivity index (χ0v) is 10.9. The van der Waals surface area contributed by atoms with Crippen molar-refractivity contribution in [2.75, 3.05) is 0 Å². The normalized spacial score (nSPS) is 29.6. The van der Waals surface area contributed by atoms with Gasteiger partial charge in [-0.3, -0.25) is 0 Å². The van der Waals surface area contributed by atoms with E-state index in [2.05, 4.69) is 6.92 Å². The topological polar surface area (TPSA) is 20.2 Å². The molecule has 1 N–H and O–H groups in total. The number of hydrogen-bond acceptors (Lipinski definition) is 1.